The Labute approximate surface area is 123 Å². The Balaban J connectivity index is 5.50. The summed E-state index contributed by atoms with van der Waals surface area (Å²) in [6.45, 7) is 22.0. The summed E-state index contributed by atoms with van der Waals surface area (Å²) in [5, 5.41) is 0. The van der Waals surface area contributed by atoms with Gasteiger partial charge in [-0.05, 0) is 39.1 Å². The maximum atomic E-state index is 4.10. The first-order chi connectivity index (χ1) is 9.51. The third-order valence-electron chi connectivity index (χ3n) is 2.93. The molecular weight excluding hydrogens is 244 g/mol. The van der Waals surface area contributed by atoms with E-state index in [1.165, 1.54) is 0 Å². The minimum atomic E-state index is 0.344. The summed E-state index contributed by atoms with van der Waals surface area (Å²) in [5.74, 6) is 0. The van der Waals surface area contributed by atoms with Gasteiger partial charge in [0.1, 0.15) is 0 Å². The minimum absolute atomic E-state index is 0.344. The molecule has 0 unspecified atom stereocenters. The molecule has 2 nitrogen and oxygen atoms in total. The van der Waals surface area contributed by atoms with E-state index < -0.39 is 0 Å². The van der Waals surface area contributed by atoms with Crippen LogP contribution in [0.15, 0.2) is 78.2 Å². The minimum Gasteiger partial charge on any atom is -0.367 e. The van der Waals surface area contributed by atoms with Crippen molar-refractivity contribution in [3.8, 4) is 0 Å². The molecular formula is C18H26N2. The zero-order valence-corrected chi connectivity index (χ0v) is 13.0. The van der Waals surface area contributed by atoms with E-state index in [0.717, 1.165) is 23.5 Å². The fraction of sp³-hybridized carbons (Fsp3) is 0.278. The molecule has 0 saturated carbocycles. The van der Waals surface area contributed by atoms with Crippen LogP contribution in [-0.2, 0) is 0 Å². The van der Waals surface area contributed by atoms with Crippen LogP contribution in [0.25, 0.3) is 0 Å². The van der Waals surface area contributed by atoms with Gasteiger partial charge in [-0.1, -0.05) is 50.1 Å². The highest BCUT2D eigenvalue weighted by atomic mass is 15.2. The Kier molecular flexibility index (Phi) is 8.77. The SMILES string of the molecule is C=C/C=C\C(N=C)=C(/C)N(C/C(C=C)=C/C=C)C(C)C. The van der Waals surface area contributed by atoms with Gasteiger partial charge in [0, 0.05) is 18.3 Å². The molecule has 0 fully saturated rings. The lowest BCUT2D eigenvalue weighted by atomic mass is 10.1. The Morgan fingerprint density at radius 3 is 2.25 bits per heavy atom. The summed E-state index contributed by atoms with van der Waals surface area (Å²) >= 11 is 0. The van der Waals surface area contributed by atoms with Crippen molar-refractivity contribution in [2.75, 3.05) is 6.54 Å². The molecule has 0 saturated heterocycles. The lowest BCUT2D eigenvalue weighted by Gasteiger charge is -2.31. The monoisotopic (exact) mass is 270 g/mol. The molecule has 0 aromatic rings. The van der Waals surface area contributed by atoms with E-state index in [0.29, 0.717) is 6.04 Å². The van der Waals surface area contributed by atoms with Crippen LogP contribution >= 0.6 is 0 Å². The van der Waals surface area contributed by atoms with Crippen LogP contribution in [0.3, 0.4) is 0 Å². The number of rotatable bonds is 9. The zero-order chi connectivity index (χ0) is 15.5. The van der Waals surface area contributed by atoms with Crippen LogP contribution in [0.4, 0.5) is 0 Å². The third-order valence-corrected chi connectivity index (χ3v) is 2.93. The van der Waals surface area contributed by atoms with Gasteiger partial charge in [0.25, 0.3) is 0 Å². The van der Waals surface area contributed by atoms with Crippen LogP contribution in [0.1, 0.15) is 20.8 Å². The highest BCUT2D eigenvalue weighted by molar-refractivity contribution is 5.36. The van der Waals surface area contributed by atoms with Gasteiger partial charge >= 0.3 is 0 Å². The molecule has 0 N–H and O–H groups in total. The molecule has 0 heterocycles. The molecule has 0 aliphatic carbocycles. The van der Waals surface area contributed by atoms with E-state index in [-0.39, 0.29) is 0 Å². The number of allylic oxidation sites excluding steroid dienone is 6. The Hall–Kier alpha value is -2.09. The van der Waals surface area contributed by atoms with Crippen LogP contribution in [0.5, 0.6) is 0 Å². The van der Waals surface area contributed by atoms with Crippen molar-refractivity contribution >= 4 is 6.72 Å². The molecule has 0 spiro atoms. The first kappa shape index (κ1) is 17.9. The largest absolute Gasteiger partial charge is 0.367 e. The van der Waals surface area contributed by atoms with E-state index in [2.05, 4.69) is 50.2 Å². The quantitative estimate of drug-likeness (QED) is 0.439. The molecule has 0 bridgehead atoms. The van der Waals surface area contributed by atoms with E-state index in [4.69, 9.17) is 0 Å². The molecule has 0 atom stereocenters. The first-order valence-electron chi connectivity index (χ1n) is 6.69. The first-order valence-corrected chi connectivity index (χ1v) is 6.69. The molecule has 2 heteroatoms. The van der Waals surface area contributed by atoms with Gasteiger partial charge in [0.15, 0.2) is 0 Å². The highest BCUT2D eigenvalue weighted by Gasteiger charge is 2.13. The predicted octanol–water partition coefficient (Wildman–Crippen LogP) is 4.67. The van der Waals surface area contributed by atoms with Crippen molar-refractivity contribution in [1.29, 1.82) is 0 Å². The summed E-state index contributed by atoms with van der Waals surface area (Å²) in [5.41, 5.74) is 3.04. The van der Waals surface area contributed by atoms with Crippen molar-refractivity contribution < 1.29 is 0 Å². The lowest BCUT2D eigenvalue weighted by Crippen LogP contribution is -2.31. The molecule has 108 valence electrons. The summed E-state index contributed by atoms with van der Waals surface area (Å²) in [4.78, 5) is 6.35. The maximum Gasteiger partial charge on any atom is 0.0810 e. The summed E-state index contributed by atoms with van der Waals surface area (Å²) in [6.07, 6.45) is 11.1. The van der Waals surface area contributed by atoms with Gasteiger partial charge in [-0.3, -0.25) is 4.99 Å². The fourth-order valence-electron chi connectivity index (χ4n) is 1.82. The van der Waals surface area contributed by atoms with Gasteiger partial charge in [-0.2, -0.15) is 0 Å². The lowest BCUT2D eigenvalue weighted by molar-refractivity contribution is 0.306. The Bertz CT molecular complexity index is 448. The van der Waals surface area contributed by atoms with E-state index in [9.17, 15) is 0 Å². The van der Waals surface area contributed by atoms with E-state index in [1.807, 2.05) is 31.2 Å². The second kappa shape index (κ2) is 9.79. The average Bonchev–Trinajstić information content (AvgIpc) is 2.43. The standard InChI is InChI=1S/C18H26N2/c1-8-11-13-18(19-7)16(6)20(15(4)5)14-17(10-3)12-9-2/h8-13,15H,1-3,7,14H2,4-6H3/b13-11-,17-12+,18-16-. The normalized spacial score (nSPS) is 13.1. The summed E-state index contributed by atoms with van der Waals surface area (Å²) < 4.78 is 0. The smallest absolute Gasteiger partial charge is 0.0810 e. The van der Waals surface area contributed by atoms with Crippen LogP contribution in [0.2, 0.25) is 0 Å². The molecule has 0 aliphatic rings. The Morgan fingerprint density at radius 2 is 1.85 bits per heavy atom. The Morgan fingerprint density at radius 1 is 1.20 bits per heavy atom. The topological polar surface area (TPSA) is 15.6 Å². The zero-order valence-electron chi connectivity index (χ0n) is 13.0. The molecule has 20 heavy (non-hydrogen) atoms. The van der Waals surface area contributed by atoms with Crippen LogP contribution < -0.4 is 0 Å². The molecule has 0 aliphatic heterocycles. The molecule has 0 aromatic heterocycles. The highest BCUT2D eigenvalue weighted by Crippen LogP contribution is 2.18. The summed E-state index contributed by atoms with van der Waals surface area (Å²) in [6, 6.07) is 0.344. The molecule has 0 amide bonds. The van der Waals surface area contributed by atoms with Gasteiger partial charge in [0.05, 0.1) is 5.70 Å². The molecule has 0 rings (SSSR count). The fourth-order valence-corrected chi connectivity index (χ4v) is 1.82. The van der Waals surface area contributed by atoms with Crippen molar-refractivity contribution in [1.82, 2.24) is 4.90 Å². The predicted molar refractivity (Wildman–Crippen MR) is 91.9 cm³/mol. The van der Waals surface area contributed by atoms with Gasteiger partial charge in [-0.15, -0.1) is 0 Å². The van der Waals surface area contributed by atoms with Crippen molar-refractivity contribution in [3.05, 3.63) is 73.2 Å². The maximum absolute atomic E-state index is 4.10. The number of nitrogens with zero attached hydrogens (tertiary/aromatic N) is 2. The number of aliphatic imine (C=N–C) groups is 1. The number of hydrogen-bond acceptors (Lipinski definition) is 2. The van der Waals surface area contributed by atoms with E-state index in [1.54, 1.807) is 12.2 Å². The third kappa shape index (κ3) is 5.70. The van der Waals surface area contributed by atoms with E-state index >= 15 is 0 Å². The van der Waals surface area contributed by atoms with Gasteiger partial charge in [-0.25, -0.2) is 0 Å². The van der Waals surface area contributed by atoms with Gasteiger partial charge in [0.2, 0.25) is 0 Å². The van der Waals surface area contributed by atoms with Crippen molar-refractivity contribution in [3.63, 3.8) is 0 Å². The van der Waals surface area contributed by atoms with Gasteiger partial charge < -0.3 is 4.90 Å². The second-order valence-corrected chi connectivity index (χ2v) is 4.63. The molecule has 0 radical (unpaired) electrons. The van der Waals surface area contributed by atoms with Crippen molar-refractivity contribution in [2.24, 2.45) is 4.99 Å². The second-order valence-electron chi connectivity index (χ2n) is 4.63. The van der Waals surface area contributed by atoms with Crippen molar-refractivity contribution in [2.45, 2.75) is 26.8 Å². The van der Waals surface area contributed by atoms with Crippen LogP contribution in [-0.4, -0.2) is 24.2 Å². The molecule has 0 aromatic carbocycles. The number of hydrogen-bond donors (Lipinski definition) is 0. The average molecular weight is 270 g/mol. The van der Waals surface area contributed by atoms with Crippen LogP contribution in [0, 0.1) is 0 Å². The summed E-state index contributed by atoms with van der Waals surface area (Å²) in [7, 11) is 0.